The van der Waals surface area contributed by atoms with E-state index < -0.39 is 18.5 Å². The summed E-state index contributed by atoms with van der Waals surface area (Å²) in [6, 6.07) is 17.9. The van der Waals surface area contributed by atoms with Crippen molar-refractivity contribution in [3.05, 3.63) is 78.6 Å². The van der Waals surface area contributed by atoms with Crippen LogP contribution in [0.25, 0.3) is 22.4 Å². The van der Waals surface area contributed by atoms with Crippen molar-refractivity contribution in [1.29, 1.82) is 0 Å². The number of carbonyl (C=O) groups is 2. The summed E-state index contributed by atoms with van der Waals surface area (Å²) in [6.07, 6.45) is 3.12. The average Bonchev–Trinajstić information content (AvgIpc) is 3.17. The molecule has 0 saturated carbocycles. The fourth-order valence-electron chi connectivity index (χ4n) is 2.79. The quantitative estimate of drug-likeness (QED) is 0.523. The van der Waals surface area contributed by atoms with Gasteiger partial charge in [0.2, 0.25) is 0 Å². The summed E-state index contributed by atoms with van der Waals surface area (Å²) in [5.41, 5.74) is 3.20. The number of pyridine rings is 1. The van der Waals surface area contributed by atoms with Crippen LogP contribution in [0.15, 0.2) is 73.1 Å². The summed E-state index contributed by atoms with van der Waals surface area (Å²) < 4.78 is 5.19. The van der Waals surface area contributed by atoms with Crippen molar-refractivity contribution in [2.45, 2.75) is 0 Å². The summed E-state index contributed by atoms with van der Waals surface area (Å²) in [5, 5.41) is 2.64. The standard InChI is InChI=1S/C21H16N4O3/c26-19(23-14-9-11-22-12-10-14)13-28-21(27)16-6-2-1-5-15(16)20-24-17-7-3-4-8-18(17)25-20/h1-12H,13H2,(H,24,25)(H,22,23,26). The van der Waals surface area contributed by atoms with Gasteiger partial charge in [0.1, 0.15) is 5.82 Å². The Balaban J connectivity index is 1.50. The molecular formula is C21H16N4O3. The summed E-state index contributed by atoms with van der Waals surface area (Å²) >= 11 is 0. The first-order valence-electron chi connectivity index (χ1n) is 8.62. The lowest BCUT2D eigenvalue weighted by Crippen LogP contribution is -2.21. The Labute approximate surface area is 160 Å². The summed E-state index contributed by atoms with van der Waals surface area (Å²) in [6.45, 7) is -0.393. The van der Waals surface area contributed by atoms with Gasteiger partial charge in [-0.1, -0.05) is 30.3 Å². The molecule has 0 aliphatic carbocycles. The molecule has 0 spiro atoms. The maximum absolute atomic E-state index is 12.6. The Morgan fingerprint density at radius 3 is 2.54 bits per heavy atom. The van der Waals surface area contributed by atoms with Gasteiger partial charge in [-0.15, -0.1) is 0 Å². The number of amides is 1. The van der Waals surface area contributed by atoms with Crippen molar-refractivity contribution in [3.8, 4) is 11.4 Å². The van der Waals surface area contributed by atoms with Gasteiger partial charge in [0.25, 0.3) is 5.91 Å². The van der Waals surface area contributed by atoms with Crippen LogP contribution < -0.4 is 5.32 Å². The lowest BCUT2D eigenvalue weighted by Gasteiger charge is -2.08. The number of fused-ring (bicyclic) bond motifs is 1. The van der Waals surface area contributed by atoms with E-state index >= 15 is 0 Å². The number of para-hydroxylation sites is 2. The number of imidazole rings is 1. The largest absolute Gasteiger partial charge is 0.452 e. The van der Waals surface area contributed by atoms with Crippen LogP contribution in [0.2, 0.25) is 0 Å². The fraction of sp³-hybridized carbons (Fsp3) is 0.0476. The SMILES string of the molecule is O=C(COC(=O)c1ccccc1-c1nc2ccccc2[nH]1)Nc1ccncc1. The van der Waals surface area contributed by atoms with Crippen molar-refractivity contribution < 1.29 is 14.3 Å². The number of ether oxygens (including phenoxy) is 1. The van der Waals surface area contributed by atoms with E-state index in [0.717, 1.165) is 11.0 Å². The topological polar surface area (TPSA) is 97.0 Å². The molecule has 0 unspecified atom stereocenters. The second-order valence-corrected chi connectivity index (χ2v) is 6.01. The zero-order valence-electron chi connectivity index (χ0n) is 14.8. The zero-order valence-corrected chi connectivity index (χ0v) is 14.8. The molecule has 4 rings (SSSR count). The summed E-state index contributed by atoms with van der Waals surface area (Å²) in [5.74, 6) is -0.461. The number of benzene rings is 2. The number of aromatic amines is 1. The number of nitrogens with one attached hydrogen (secondary N) is 2. The maximum Gasteiger partial charge on any atom is 0.339 e. The number of carbonyl (C=O) groups excluding carboxylic acids is 2. The Bertz CT molecular complexity index is 1110. The van der Waals surface area contributed by atoms with E-state index in [1.54, 1.807) is 42.7 Å². The third kappa shape index (κ3) is 3.73. The Morgan fingerprint density at radius 1 is 0.964 bits per heavy atom. The van der Waals surface area contributed by atoms with Crippen LogP contribution in [0.1, 0.15) is 10.4 Å². The number of hydrogen-bond acceptors (Lipinski definition) is 5. The summed E-state index contributed by atoms with van der Waals surface area (Å²) in [4.78, 5) is 36.2. The minimum absolute atomic E-state index is 0.332. The van der Waals surface area contributed by atoms with Gasteiger partial charge in [-0.05, 0) is 30.3 Å². The molecule has 2 aromatic heterocycles. The van der Waals surface area contributed by atoms with E-state index in [2.05, 4.69) is 20.3 Å². The number of H-pyrrole nitrogens is 1. The molecule has 2 N–H and O–H groups in total. The van der Waals surface area contributed by atoms with Gasteiger partial charge in [0.15, 0.2) is 6.61 Å². The average molecular weight is 372 g/mol. The van der Waals surface area contributed by atoms with E-state index in [0.29, 0.717) is 22.6 Å². The lowest BCUT2D eigenvalue weighted by molar-refractivity contribution is -0.119. The molecule has 0 aliphatic heterocycles. The maximum atomic E-state index is 12.6. The molecule has 7 heteroatoms. The van der Waals surface area contributed by atoms with Crippen LogP contribution in [0.5, 0.6) is 0 Å². The van der Waals surface area contributed by atoms with E-state index in [4.69, 9.17) is 4.74 Å². The van der Waals surface area contributed by atoms with Gasteiger partial charge < -0.3 is 15.0 Å². The molecule has 7 nitrogen and oxygen atoms in total. The molecule has 0 radical (unpaired) electrons. The van der Waals surface area contributed by atoms with E-state index in [9.17, 15) is 9.59 Å². The first-order valence-corrected chi connectivity index (χ1v) is 8.62. The number of esters is 1. The van der Waals surface area contributed by atoms with Gasteiger partial charge in [0, 0.05) is 23.6 Å². The number of anilines is 1. The van der Waals surface area contributed by atoms with Gasteiger partial charge in [-0.25, -0.2) is 9.78 Å². The van der Waals surface area contributed by atoms with E-state index in [1.165, 1.54) is 0 Å². The molecule has 1 amide bonds. The van der Waals surface area contributed by atoms with Gasteiger partial charge in [0.05, 0.1) is 16.6 Å². The molecule has 0 atom stereocenters. The minimum Gasteiger partial charge on any atom is -0.452 e. The number of nitrogens with zero attached hydrogens (tertiary/aromatic N) is 2. The monoisotopic (exact) mass is 372 g/mol. The molecule has 2 heterocycles. The number of rotatable bonds is 5. The Morgan fingerprint density at radius 2 is 1.71 bits per heavy atom. The van der Waals surface area contributed by atoms with Gasteiger partial charge in [-0.3, -0.25) is 9.78 Å². The highest BCUT2D eigenvalue weighted by atomic mass is 16.5. The Hall–Kier alpha value is -4.00. The van der Waals surface area contributed by atoms with Crippen LogP contribution in [-0.2, 0) is 9.53 Å². The third-order valence-corrected chi connectivity index (χ3v) is 4.09. The zero-order chi connectivity index (χ0) is 19.3. The molecule has 0 aliphatic rings. The molecular weight excluding hydrogens is 356 g/mol. The van der Waals surface area contributed by atoms with Gasteiger partial charge >= 0.3 is 5.97 Å². The molecule has 4 aromatic rings. The molecule has 0 fully saturated rings. The lowest BCUT2D eigenvalue weighted by atomic mass is 10.1. The van der Waals surface area contributed by atoms with Crippen molar-refractivity contribution in [3.63, 3.8) is 0 Å². The number of hydrogen-bond donors (Lipinski definition) is 2. The first kappa shape index (κ1) is 17.4. The van der Waals surface area contributed by atoms with Crippen LogP contribution in [0.3, 0.4) is 0 Å². The smallest absolute Gasteiger partial charge is 0.339 e. The van der Waals surface area contributed by atoms with Crippen molar-refractivity contribution >= 4 is 28.6 Å². The Kier molecular flexibility index (Phi) is 4.79. The highest BCUT2D eigenvalue weighted by Crippen LogP contribution is 2.24. The van der Waals surface area contributed by atoms with E-state index in [1.807, 2.05) is 30.3 Å². The van der Waals surface area contributed by atoms with E-state index in [-0.39, 0.29) is 0 Å². The molecule has 2 aromatic carbocycles. The highest BCUT2D eigenvalue weighted by Gasteiger charge is 2.17. The number of aromatic nitrogens is 3. The minimum atomic E-state index is -0.596. The van der Waals surface area contributed by atoms with Crippen LogP contribution in [0.4, 0.5) is 5.69 Å². The molecule has 0 saturated heterocycles. The van der Waals surface area contributed by atoms with Crippen molar-refractivity contribution in [2.75, 3.05) is 11.9 Å². The predicted molar refractivity (Wildman–Crippen MR) is 105 cm³/mol. The van der Waals surface area contributed by atoms with Crippen LogP contribution in [0, 0.1) is 0 Å². The first-order chi connectivity index (χ1) is 13.7. The van der Waals surface area contributed by atoms with Gasteiger partial charge in [-0.2, -0.15) is 0 Å². The van der Waals surface area contributed by atoms with Crippen molar-refractivity contribution in [1.82, 2.24) is 15.0 Å². The second kappa shape index (κ2) is 7.71. The van der Waals surface area contributed by atoms with Crippen LogP contribution >= 0.6 is 0 Å². The van der Waals surface area contributed by atoms with Crippen molar-refractivity contribution in [2.24, 2.45) is 0 Å². The molecule has 28 heavy (non-hydrogen) atoms. The summed E-state index contributed by atoms with van der Waals surface area (Å²) in [7, 11) is 0. The second-order valence-electron chi connectivity index (χ2n) is 6.01. The normalized spacial score (nSPS) is 10.6. The molecule has 138 valence electrons. The van der Waals surface area contributed by atoms with Crippen LogP contribution in [-0.4, -0.2) is 33.4 Å². The molecule has 0 bridgehead atoms. The fourth-order valence-corrected chi connectivity index (χ4v) is 2.79. The highest BCUT2D eigenvalue weighted by molar-refractivity contribution is 5.99. The third-order valence-electron chi connectivity index (χ3n) is 4.09. The predicted octanol–water partition coefficient (Wildman–Crippen LogP) is 3.42.